The zero-order valence-electron chi connectivity index (χ0n) is 11.9. The van der Waals surface area contributed by atoms with E-state index in [-0.39, 0.29) is 12.4 Å². The van der Waals surface area contributed by atoms with E-state index in [9.17, 15) is 14.0 Å². The van der Waals surface area contributed by atoms with Crippen LogP contribution in [-0.2, 0) is 4.79 Å². The van der Waals surface area contributed by atoms with Crippen molar-refractivity contribution in [3.63, 3.8) is 0 Å². The molecule has 2 rings (SSSR count). The Balaban J connectivity index is 1.99. The van der Waals surface area contributed by atoms with Crippen molar-refractivity contribution < 1.29 is 18.7 Å². The molecule has 5 nitrogen and oxygen atoms in total. The van der Waals surface area contributed by atoms with Crippen LogP contribution in [0.3, 0.4) is 0 Å². The number of hydrogen-bond donors (Lipinski definition) is 2. The minimum atomic E-state index is -0.559. The van der Waals surface area contributed by atoms with Gasteiger partial charge in [-0.3, -0.25) is 9.59 Å². The highest BCUT2D eigenvalue weighted by molar-refractivity contribution is 5.98. The molecule has 0 aliphatic rings. The number of ether oxygens (including phenoxy) is 1. The molecule has 2 aromatic rings. The van der Waals surface area contributed by atoms with E-state index in [4.69, 9.17) is 10.5 Å². The zero-order valence-corrected chi connectivity index (χ0v) is 11.9. The smallest absolute Gasteiger partial charge is 0.262 e. The molecule has 2 aromatic carbocycles. The predicted octanol–water partition coefficient (Wildman–Crippen LogP) is 2.25. The van der Waals surface area contributed by atoms with Crippen molar-refractivity contribution in [1.29, 1.82) is 0 Å². The summed E-state index contributed by atoms with van der Waals surface area (Å²) >= 11 is 0. The van der Waals surface area contributed by atoms with Crippen LogP contribution >= 0.6 is 0 Å². The van der Waals surface area contributed by atoms with Crippen molar-refractivity contribution in [2.45, 2.75) is 6.92 Å². The quantitative estimate of drug-likeness (QED) is 0.888. The number of hydrogen-bond acceptors (Lipinski definition) is 3. The number of benzene rings is 2. The van der Waals surface area contributed by atoms with Crippen molar-refractivity contribution in [2.75, 3.05) is 11.9 Å². The minimum Gasteiger partial charge on any atom is -0.484 e. The minimum absolute atomic E-state index is 0.230. The Bertz CT molecular complexity index is 699. The van der Waals surface area contributed by atoms with Gasteiger partial charge in [0.05, 0.1) is 0 Å². The topological polar surface area (TPSA) is 81.4 Å². The fourth-order valence-electron chi connectivity index (χ4n) is 1.90. The van der Waals surface area contributed by atoms with Gasteiger partial charge in [0, 0.05) is 11.3 Å². The van der Waals surface area contributed by atoms with Crippen LogP contribution in [0, 0.1) is 12.7 Å². The molecule has 114 valence electrons. The fourth-order valence-corrected chi connectivity index (χ4v) is 1.90. The van der Waals surface area contributed by atoms with E-state index < -0.39 is 11.8 Å². The molecule has 2 amide bonds. The van der Waals surface area contributed by atoms with Crippen LogP contribution in [0.1, 0.15) is 15.9 Å². The van der Waals surface area contributed by atoms with Gasteiger partial charge in [0.2, 0.25) is 5.91 Å². The Morgan fingerprint density at radius 2 is 1.86 bits per heavy atom. The van der Waals surface area contributed by atoms with Crippen LogP contribution in [0.4, 0.5) is 10.1 Å². The van der Waals surface area contributed by atoms with E-state index in [1.165, 1.54) is 24.3 Å². The van der Waals surface area contributed by atoms with Gasteiger partial charge in [-0.25, -0.2) is 4.39 Å². The Hall–Kier alpha value is -2.89. The lowest BCUT2D eigenvalue weighted by molar-refractivity contribution is -0.118. The van der Waals surface area contributed by atoms with Crippen LogP contribution < -0.4 is 15.8 Å². The Labute approximate surface area is 126 Å². The summed E-state index contributed by atoms with van der Waals surface area (Å²) in [7, 11) is 0. The highest BCUT2D eigenvalue weighted by Gasteiger charge is 2.11. The number of primary amides is 1. The van der Waals surface area contributed by atoms with E-state index >= 15 is 0 Å². The first-order valence-electron chi connectivity index (χ1n) is 6.55. The van der Waals surface area contributed by atoms with E-state index in [1.54, 1.807) is 25.1 Å². The fraction of sp³-hybridized carbons (Fsp3) is 0.125. The average Bonchev–Trinajstić information content (AvgIpc) is 2.48. The second-order valence-electron chi connectivity index (χ2n) is 4.63. The number of anilines is 1. The SMILES string of the molecule is Cc1c(NC(=O)COc2ccc(F)cc2)cccc1C(N)=O. The summed E-state index contributed by atoms with van der Waals surface area (Å²) in [4.78, 5) is 23.1. The number of rotatable bonds is 5. The molecule has 0 spiro atoms. The number of nitrogens with two attached hydrogens (primary N) is 1. The van der Waals surface area contributed by atoms with E-state index in [0.717, 1.165) is 0 Å². The summed E-state index contributed by atoms with van der Waals surface area (Å²) in [5.41, 5.74) is 6.68. The second-order valence-corrected chi connectivity index (χ2v) is 4.63. The third kappa shape index (κ3) is 3.82. The second kappa shape index (κ2) is 6.71. The lowest BCUT2D eigenvalue weighted by Gasteiger charge is -2.11. The molecule has 0 radical (unpaired) electrons. The molecule has 3 N–H and O–H groups in total. The van der Waals surface area contributed by atoms with Crippen molar-refractivity contribution in [1.82, 2.24) is 0 Å². The van der Waals surface area contributed by atoms with Gasteiger partial charge in [-0.15, -0.1) is 0 Å². The highest BCUT2D eigenvalue weighted by Crippen LogP contribution is 2.18. The molecule has 0 saturated heterocycles. The number of halogens is 1. The number of carbonyl (C=O) groups excluding carboxylic acids is 2. The zero-order chi connectivity index (χ0) is 16.1. The van der Waals surface area contributed by atoms with E-state index in [1.807, 2.05) is 0 Å². The predicted molar refractivity (Wildman–Crippen MR) is 80.2 cm³/mol. The lowest BCUT2D eigenvalue weighted by Crippen LogP contribution is -2.21. The molecule has 0 aromatic heterocycles. The average molecular weight is 302 g/mol. The Morgan fingerprint density at radius 3 is 2.50 bits per heavy atom. The molecule has 0 fully saturated rings. The standard InChI is InChI=1S/C16H15FN2O3/c1-10-13(16(18)21)3-2-4-14(10)19-15(20)9-22-12-7-5-11(17)6-8-12/h2-8H,9H2,1H3,(H2,18,21)(H,19,20). The van der Waals surface area contributed by atoms with Crippen LogP contribution in [0.15, 0.2) is 42.5 Å². The van der Waals surface area contributed by atoms with Crippen molar-refractivity contribution in [3.8, 4) is 5.75 Å². The summed E-state index contributed by atoms with van der Waals surface area (Å²) < 4.78 is 18.0. The first-order valence-corrected chi connectivity index (χ1v) is 6.55. The molecule has 0 saturated carbocycles. The first kappa shape index (κ1) is 15.5. The van der Waals surface area contributed by atoms with Gasteiger partial charge in [0.25, 0.3) is 5.91 Å². The van der Waals surface area contributed by atoms with Gasteiger partial charge in [-0.05, 0) is 48.9 Å². The molecule has 0 bridgehead atoms. The molecular formula is C16H15FN2O3. The van der Waals surface area contributed by atoms with E-state index in [2.05, 4.69) is 5.32 Å². The molecule has 0 atom stereocenters. The molecule has 6 heteroatoms. The van der Waals surface area contributed by atoms with Crippen LogP contribution in [-0.4, -0.2) is 18.4 Å². The third-order valence-electron chi connectivity index (χ3n) is 3.06. The number of carbonyl (C=O) groups is 2. The number of nitrogens with one attached hydrogen (secondary N) is 1. The normalized spacial score (nSPS) is 10.1. The first-order chi connectivity index (χ1) is 10.5. The summed E-state index contributed by atoms with van der Waals surface area (Å²) in [6, 6.07) is 10.2. The van der Waals surface area contributed by atoms with Gasteiger partial charge >= 0.3 is 0 Å². The number of amides is 2. The van der Waals surface area contributed by atoms with Crippen LogP contribution in [0.5, 0.6) is 5.75 Å². The van der Waals surface area contributed by atoms with Gasteiger partial charge in [0.15, 0.2) is 6.61 Å². The lowest BCUT2D eigenvalue weighted by atomic mass is 10.1. The maximum atomic E-state index is 12.7. The molecule has 0 aliphatic carbocycles. The van der Waals surface area contributed by atoms with Crippen LogP contribution in [0.2, 0.25) is 0 Å². The Kier molecular flexibility index (Phi) is 4.73. The Morgan fingerprint density at radius 1 is 1.18 bits per heavy atom. The summed E-state index contributed by atoms with van der Waals surface area (Å²) in [6.45, 7) is 1.46. The third-order valence-corrected chi connectivity index (χ3v) is 3.06. The van der Waals surface area contributed by atoms with Crippen molar-refractivity contribution in [3.05, 3.63) is 59.4 Å². The molecule has 0 heterocycles. The van der Waals surface area contributed by atoms with Gasteiger partial charge < -0.3 is 15.8 Å². The molecular weight excluding hydrogens is 287 g/mol. The molecule has 22 heavy (non-hydrogen) atoms. The van der Waals surface area contributed by atoms with Crippen molar-refractivity contribution >= 4 is 17.5 Å². The molecule has 0 unspecified atom stereocenters. The van der Waals surface area contributed by atoms with Gasteiger partial charge in [-0.1, -0.05) is 6.07 Å². The largest absolute Gasteiger partial charge is 0.484 e. The van der Waals surface area contributed by atoms with Gasteiger partial charge in [0.1, 0.15) is 11.6 Å². The maximum absolute atomic E-state index is 12.7. The summed E-state index contributed by atoms with van der Waals surface area (Å²) in [6.07, 6.45) is 0. The van der Waals surface area contributed by atoms with Crippen molar-refractivity contribution in [2.24, 2.45) is 5.73 Å². The highest BCUT2D eigenvalue weighted by atomic mass is 19.1. The summed E-state index contributed by atoms with van der Waals surface area (Å²) in [5, 5.41) is 2.64. The monoisotopic (exact) mass is 302 g/mol. The maximum Gasteiger partial charge on any atom is 0.262 e. The summed E-state index contributed by atoms with van der Waals surface area (Å²) in [5.74, 6) is -0.944. The van der Waals surface area contributed by atoms with Gasteiger partial charge in [-0.2, -0.15) is 0 Å². The molecule has 0 aliphatic heterocycles. The van der Waals surface area contributed by atoms with Crippen LogP contribution in [0.25, 0.3) is 0 Å². The van der Waals surface area contributed by atoms with E-state index in [0.29, 0.717) is 22.6 Å².